The Hall–Kier alpha value is -1.94. The fourth-order valence-electron chi connectivity index (χ4n) is 4.03. The van der Waals surface area contributed by atoms with Crippen molar-refractivity contribution in [3.63, 3.8) is 0 Å². The highest BCUT2D eigenvalue weighted by Crippen LogP contribution is 2.29. The van der Waals surface area contributed by atoms with Crippen molar-refractivity contribution in [3.05, 3.63) is 65.2 Å². The van der Waals surface area contributed by atoms with Crippen LogP contribution in [0, 0.1) is 5.92 Å². The smallest absolute Gasteiger partial charge is 0.264 e. The van der Waals surface area contributed by atoms with E-state index < -0.39 is 5.92 Å². The summed E-state index contributed by atoms with van der Waals surface area (Å²) in [5.41, 5.74) is 4.68. The molecule has 2 nitrogen and oxygen atoms in total. The van der Waals surface area contributed by atoms with Gasteiger partial charge in [-0.3, -0.25) is 4.90 Å². The van der Waals surface area contributed by atoms with Crippen LogP contribution in [-0.2, 0) is 19.3 Å². The molecule has 25 heavy (non-hydrogen) atoms. The SMILES string of the molecule is FC(F)(Cc1ccccc1)CN1CC(Cc2ccc3c(c2)CCN3)C1. The Balaban J connectivity index is 1.26. The second kappa shape index (κ2) is 6.75. The Labute approximate surface area is 147 Å². The number of nitrogens with zero attached hydrogens (tertiary/aromatic N) is 1. The predicted octanol–water partition coefficient (Wildman–Crippen LogP) is 4.01. The third-order valence-corrected chi connectivity index (χ3v) is 5.20. The molecule has 2 aliphatic rings. The zero-order valence-corrected chi connectivity index (χ0v) is 14.3. The van der Waals surface area contributed by atoms with Crippen molar-refractivity contribution < 1.29 is 8.78 Å². The van der Waals surface area contributed by atoms with E-state index in [0.29, 0.717) is 11.5 Å². The number of benzene rings is 2. The summed E-state index contributed by atoms with van der Waals surface area (Å²) in [4.78, 5) is 1.89. The Morgan fingerprint density at radius 1 is 1.04 bits per heavy atom. The third-order valence-electron chi connectivity index (χ3n) is 5.20. The van der Waals surface area contributed by atoms with E-state index >= 15 is 0 Å². The van der Waals surface area contributed by atoms with Gasteiger partial charge in [-0.15, -0.1) is 0 Å². The van der Waals surface area contributed by atoms with Crippen molar-refractivity contribution >= 4 is 5.69 Å². The number of fused-ring (bicyclic) bond motifs is 1. The summed E-state index contributed by atoms with van der Waals surface area (Å²) in [6, 6.07) is 15.6. The fourth-order valence-corrected chi connectivity index (χ4v) is 4.03. The van der Waals surface area contributed by atoms with Gasteiger partial charge < -0.3 is 5.32 Å². The molecule has 2 aromatic carbocycles. The van der Waals surface area contributed by atoms with E-state index in [2.05, 4.69) is 23.5 Å². The van der Waals surface area contributed by atoms with E-state index in [4.69, 9.17) is 0 Å². The van der Waals surface area contributed by atoms with Gasteiger partial charge in [0, 0.05) is 31.7 Å². The first kappa shape index (κ1) is 16.5. The van der Waals surface area contributed by atoms with Crippen LogP contribution in [0.3, 0.4) is 0 Å². The molecule has 4 heteroatoms. The van der Waals surface area contributed by atoms with E-state index in [9.17, 15) is 8.78 Å². The highest BCUT2D eigenvalue weighted by molar-refractivity contribution is 5.56. The van der Waals surface area contributed by atoms with E-state index in [-0.39, 0.29) is 13.0 Å². The summed E-state index contributed by atoms with van der Waals surface area (Å²) in [6.45, 7) is 2.44. The minimum Gasteiger partial charge on any atom is -0.384 e. The highest BCUT2D eigenvalue weighted by Gasteiger charge is 2.37. The quantitative estimate of drug-likeness (QED) is 0.853. The molecule has 4 rings (SSSR count). The first-order valence-corrected chi connectivity index (χ1v) is 9.07. The Morgan fingerprint density at radius 3 is 2.64 bits per heavy atom. The molecule has 0 unspecified atom stereocenters. The minimum atomic E-state index is -2.66. The fraction of sp³-hybridized carbons (Fsp3) is 0.429. The molecule has 0 amide bonds. The molecule has 132 valence electrons. The zero-order valence-electron chi connectivity index (χ0n) is 14.3. The van der Waals surface area contributed by atoms with Gasteiger partial charge in [-0.05, 0) is 41.5 Å². The number of likely N-dealkylation sites (tertiary alicyclic amines) is 1. The van der Waals surface area contributed by atoms with Crippen LogP contribution in [0.25, 0.3) is 0 Å². The van der Waals surface area contributed by atoms with Crippen molar-refractivity contribution in [2.24, 2.45) is 5.92 Å². The van der Waals surface area contributed by atoms with Gasteiger partial charge in [0.15, 0.2) is 0 Å². The van der Waals surface area contributed by atoms with Crippen LogP contribution in [0.1, 0.15) is 16.7 Å². The normalized spacial score (nSPS) is 17.8. The van der Waals surface area contributed by atoms with Crippen molar-refractivity contribution in [3.8, 4) is 0 Å². The Morgan fingerprint density at radius 2 is 1.84 bits per heavy atom. The number of hydrogen-bond acceptors (Lipinski definition) is 2. The number of alkyl halides is 2. The van der Waals surface area contributed by atoms with E-state index in [1.165, 1.54) is 16.8 Å². The van der Waals surface area contributed by atoms with Crippen LogP contribution in [0.4, 0.5) is 14.5 Å². The van der Waals surface area contributed by atoms with Crippen LogP contribution >= 0.6 is 0 Å². The van der Waals surface area contributed by atoms with Gasteiger partial charge in [0.1, 0.15) is 0 Å². The number of hydrogen-bond donors (Lipinski definition) is 1. The van der Waals surface area contributed by atoms with E-state index in [1.807, 2.05) is 23.1 Å². The molecule has 0 radical (unpaired) electrons. The average molecular weight is 342 g/mol. The average Bonchev–Trinajstić information content (AvgIpc) is 3.01. The van der Waals surface area contributed by atoms with Crippen molar-refractivity contribution in [1.82, 2.24) is 4.90 Å². The molecule has 0 saturated carbocycles. The van der Waals surface area contributed by atoms with Gasteiger partial charge in [-0.1, -0.05) is 42.5 Å². The van der Waals surface area contributed by atoms with Crippen LogP contribution in [0.5, 0.6) is 0 Å². The van der Waals surface area contributed by atoms with Gasteiger partial charge in [-0.25, -0.2) is 8.78 Å². The van der Waals surface area contributed by atoms with Crippen LogP contribution in [0.15, 0.2) is 48.5 Å². The second-order valence-corrected chi connectivity index (χ2v) is 7.45. The second-order valence-electron chi connectivity index (χ2n) is 7.45. The summed E-state index contributed by atoms with van der Waals surface area (Å²) in [7, 11) is 0. The van der Waals surface area contributed by atoms with Crippen LogP contribution in [0.2, 0.25) is 0 Å². The highest BCUT2D eigenvalue weighted by atomic mass is 19.3. The lowest BCUT2D eigenvalue weighted by Gasteiger charge is -2.41. The number of nitrogens with one attached hydrogen (secondary N) is 1. The van der Waals surface area contributed by atoms with Gasteiger partial charge >= 0.3 is 0 Å². The zero-order chi connectivity index (χ0) is 17.3. The van der Waals surface area contributed by atoms with Crippen molar-refractivity contribution in [2.45, 2.75) is 25.2 Å². The summed E-state index contributed by atoms with van der Waals surface area (Å²) >= 11 is 0. The number of rotatable bonds is 6. The van der Waals surface area contributed by atoms with Crippen molar-refractivity contribution in [2.75, 3.05) is 31.5 Å². The lowest BCUT2D eigenvalue weighted by Crippen LogP contribution is -2.52. The molecular formula is C21H24F2N2. The number of anilines is 1. The van der Waals surface area contributed by atoms with Crippen molar-refractivity contribution in [1.29, 1.82) is 0 Å². The maximum Gasteiger partial charge on any atom is 0.264 e. The monoisotopic (exact) mass is 342 g/mol. The van der Waals surface area contributed by atoms with Crippen LogP contribution in [-0.4, -0.2) is 37.0 Å². The Kier molecular flexibility index (Phi) is 4.46. The molecule has 2 aromatic rings. The van der Waals surface area contributed by atoms with Crippen LogP contribution < -0.4 is 5.32 Å². The molecule has 2 heterocycles. The van der Waals surface area contributed by atoms with Gasteiger partial charge in [0.2, 0.25) is 0 Å². The van der Waals surface area contributed by atoms with Gasteiger partial charge in [-0.2, -0.15) is 0 Å². The first-order valence-electron chi connectivity index (χ1n) is 9.07. The Bertz CT molecular complexity index is 724. The summed E-state index contributed by atoms with van der Waals surface area (Å²) < 4.78 is 28.5. The summed E-state index contributed by atoms with van der Waals surface area (Å²) in [5, 5.41) is 3.37. The topological polar surface area (TPSA) is 15.3 Å². The largest absolute Gasteiger partial charge is 0.384 e. The molecule has 0 atom stereocenters. The maximum absolute atomic E-state index is 14.2. The van der Waals surface area contributed by atoms with E-state index in [1.54, 1.807) is 12.1 Å². The molecule has 2 aliphatic heterocycles. The standard InChI is InChI=1S/C21H24F2N2/c22-21(23,12-16-4-2-1-3-5-16)15-25-13-18(14-25)10-17-6-7-20-19(11-17)8-9-24-20/h1-7,11,18,24H,8-10,12-15H2. The molecular weight excluding hydrogens is 318 g/mol. The molecule has 0 aliphatic carbocycles. The molecule has 1 fully saturated rings. The van der Waals surface area contributed by atoms with Gasteiger partial charge in [0.05, 0.1) is 6.54 Å². The lowest BCUT2D eigenvalue weighted by atomic mass is 9.90. The molecule has 1 N–H and O–H groups in total. The molecule has 0 aromatic heterocycles. The maximum atomic E-state index is 14.2. The first-order chi connectivity index (χ1) is 12.1. The summed E-state index contributed by atoms with van der Waals surface area (Å²) in [5.74, 6) is -2.16. The minimum absolute atomic E-state index is 0.132. The molecule has 0 bridgehead atoms. The van der Waals surface area contributed by atoms with Gasteiger partial charge in [0.25, 0.3) is 5.92 Å². The lowest BCUT2D eigenvalue weighted by molar-refractivity contribution is -0.0593. The van der Waals surface area contributed by atoms with E-state index in [0.717, 1.165) is 32.5 Å². The summed E-state index contributed by atoms with van der Waals surface area (Å²) in [6.07, 6.45) is 1.91. The third kappa shape index (κ3) is 4.01. The number of halogens is 2. The predicted molar refractivity (Wildman–Crippen MR) is 97.4 cm³/mol. The molecule has 0 spiro atoms. The molecule has 1 saturated heterocycles.